The Balaban J connectivity index is 1.85. The first kappa shape index (κ1) is 18.3. The quantitative estimate of drug-likeness (QED) is 0.828. The number of aryl methyl sites for hydroxylation is 1. The number of nitrogens with zero attached hydrogens (tertiary/aromatic N) is 2. The summed E-state index contributed by atoms with van der Waals surface area (Å²) in [5, 5.41) is 0.636. The van der Waals surface area contributed by atoms with Crippen LogP contribution in [0.5, 0.6) is 5.75 Å². The van der Waals surface area contributed by atoms with Gasteiger partial charge in [-0.3, -0.25) is 9.59 Å². The van der Waals surface area contributed by atoms with Gasteiger partial charge in [-0.1, -0.05) is 23.7 Å². The summed E-state index contributed by atoms with van der Waals surface area (Å²) < 4.78 is 5.28. The lowest BCUT2D eigenvalue weighted by Crippen LogP contribution is -2.58. The summed E-state index contributed by atoms with van der Waals surface area (Å²) in [5.41, 5.74) is 2.23. The van der Waals surface area contributed by atoms with Gasteiger partial charge in [0.2, 0.25) is 5.91 Å². The van der Waals surface area contributed by atoms with E-state index in [0.717, 1.165) is 11.3 Å². The highest BCUT2D eigenvalue weighted by Gasteiger charge is 2.36. The molecule has 0 N–H and O–H groups in total. The second kappa shape index (κ2) is 7.38. The van der Waals surface area contributed by atoms with Gasteiger partial charge in [0, 0.05) is 23.8 Å². The monoisotopic (exact) mass is 372 g/mol. The van der Waals surface area contributed by atoms with Crippen LogP contribution in [0.4, 0.5) is 5.69 Å². The highest BCUT2D eigenvalue weighted by Crippen LogP contribution is 2.28. The third-order valence-corrected chi connectivity index (χ3v) is 4.94. The molecule has 2 aromatic rings. The first-order chi connectivity index (χ1) is 12.4. The van der Waals surface area contributed by atoms with Gasteiger partial charge in [-0.2, -0.15) is 0 Å². The fourth-order valence-electron chi connectivity index (χ4n) is 3.28. The number of ether oxygens (including phenoxy) is 1. The van der Waals surface area contributed by atoms with Crippen LogP contribution in [0.3, 0.4) is 0 Å². The molecule has 0 saturated carbocycles. The van der Waals surface area contributed by atoms with Gasteiger partial charge >= 0.3 is 0 Å². The molecule has 2 aromatic carbocycles. The van der Waals surface area contributed by atoms with E-state index in [1.807, 2.05) is 25.1 Å². The fourth-order valence-corrected chi connectivity index (χ4v) is 3.51. The number of carbonyl (C=O) groups excluding carboxylic acids is 2. The summed E-state index contributed by atoms with van der Waals surface area (Å²) in [5.74, 6) is 0.203. The molecule has 6 heteroatoms. The minimum Gasteiger partial charge on any atom is -0.496 e. The Morgan fingerprint density at radius 2 is 1.92 bits per heavy atom. The molecular formula is C20H21ClN2O3. The highest BCUT2D eigenvalue weighted by atomic mass is 35.5. The van der Waals surface area contributed by atoms with E-state index < -0.39 is 6.04 Å². The van der Waals surface area contributed by atoms with Crippen LogP contribution < -0.4 is 9.64 Å². The van der Waals surface area contributed by atoms with E-state index in [-0.39, 0.29) is 11.8 Å². The largest absolute Gasteiger partial charge is 0.496 e. The van der Waals surface area contributed by atoms with Gasteiger partial charge in [0.15, 0.2) is 0 Å². The summed E-state index contributed by atoms with van der Waals surface area (Å²) in [6.07, 6.45) is 0. The molecule has 26 heavy (non-hydrogen) atoms. The van der Waals surface area contributed by atoms with Crippen LogP contribution in [0.15, 0.2) is 42.5 Å². The Labute approximate surface area is 158 Å². The Morgan fingerprint density at radius 1 is 1.19 bits per heavy atom. The zero-order valence-corrected chi connectivity index (χ0v) is 15.8. The highest BCUT2D eigenvalue weighted by molar-refractivity contribution is 6.30. The number of anilines is 1. The van der Waals surface area contributed by atoms with Gasteiger partial charge in [-0.15, -0.1) is 0 Å². The molecule has 5 nitrogen and oxygen atoms in total. The number of rotatable bonds is 3. The summed E-state index contributed by atoms with van der Waals surface area (Å²) >= 11 is 6.01. The lowest BCUT2D eigenvalue weighted by Gasteiger charge is -2.39. The third-order valence-electron chi connectivity index (χ3n) is 4.70. The normalized spacial score (nSPS) is 17.4. The lowest BCUT2D eigenvalue weighted by molar-refractivity contribution is -0.124. The van der Waals surface area contributed by atoms with Crippen LogP contribution in [-0.2, 0) is 4.79 Å². The molecule has 0 aliphatic carbocycles. The molecule has 0 aromatic heterocycles. The van der Waals surface area contributed by atoms with Crippen molar-refractivity contribution in [2.24, 2.45) is 0 Å². The molecule has 1 heterocycles. The van der Waals surface area contributed by atoms with E-state index in [9.17, 15) is 9.59 Å². The number of halogens is 1. The molecule has 1 aliphatic rings. The summed E-state index contributed by atoms with van der Waals surface area (Å²) in [7, 11) is 1.53. The predicted octanol–water partition coefficient (Wildman–Crippen LogP) is 3.53. The molecule has 1 aliphatic heterocycles. The molecule has 1 saturated heterocycles. The van der Waals surface area contributed by atoms with E-state index in [0.29, 0.717) is 29.4 Å². The minimum absolute atomic E-state index is 0.107. The number of para-hydroxylation sites is 1. The Kier molecular flexibility index (Phi) is 5.18. The van der Waals surface area contributed by atoms with E-state index >= 15 is 0 Å². The summed E-state index contributed by atoms with van der Waals surface area (Å²) in [6.45, 7) is 4.57. The minimum atomic E-state index is -0.559. The topological polar surface area (TPSA) is 49.9 Å². The zero-order chi connectivity index (χ0) is 18.8. The van der Waals surface area contributed by atoms with E-state index in [1.165, 1.54) is 7.11 Å². The van der Waals surface area contributed by atoms with Crippen LogP contribution in [0.25, 0.3) is 0 Å². The molecule has 0 bridgehead atoms. The van der Waals surface area contributed by atoms with Crippen molar-refractivity contribution in [1.29, 1.82) is 0 Å². The number of benzene rings is 2. The zero-order valence-electron chi connectivity index (χ0n) is 15.0. The summed E-state index contributed by atoms with van der Waals surface area (Å²) in [6, 6.07) is 12.0. The summed E-state index contributed by atoms with van der Waals surface area (Å²) in [4.78, 5) is 29.2. The molecule has 0 radical (unpaired) electrons. The lowest BCUT2D eigenvalue weighted by atomic mass is 10.1. The van der Waals surface area contributed by atoms with Gasteiger partial charge in [-0.05, 0) is 49.7 Å². The predicted molar refractivity (Wildman–Crippen MR) is 102 cm³/mol. The second-order valence-electron chi connectivity index (χ2n) is 6.30. The van der Waals surface area contributed by atoms with Crippen molar-refractivity contribution in [2.45, 2.75) is 19.9 Å². The van der Waals surface area contributed by atoms with Crippen molar-refractivity contribution in [3.8, 4) is 5.75 Å². The SMILES string of the molecule is COc1ccccc1C(=O)N1CCN(c2ccc(Cl)cc2C)C(=O)C1C. The Bertz CT molecular complexity index is 853. The number of hydrogen-bond acceptors (Lipinski definition) is 3. The first-order valence-corrected chi connectivity index (χ1v) is 8.83. The average molecular weight is 373 g/mol. The number of amides is 2. The van der Waals surface area contributed by atoms with Crippen molar-refractivity contribution < 1.29 is 14.3 Å². The van der Waals surface area contributed by atoms with Gasteiger partial charge in [0.25, 0.3) is 5.91 Å². The first-order valence-electron chi connectivity index (χ1n) is 8.45. The molecule has 2 amide bonds. The number of methoxy groups -OCH3 is 1. The van der Waals surface area contributed by atoms with Crippen LogP contribution in [0, 0.1) is 6.92 Å². The second-order valence-corrected chi connectivity index (χ2v) is 6.73. The number of carbonyl (C=O) groups is 2. The molecule has 0 spiro atoms. The average Bonchev–Trinajstić information content (AvgIpc) is 2.64. The molecule has 136 valence electrons. The fraction of sp³-hybridized carbons (Fsp3) is 0.300. The number of hydrogen-bond donors (Lipinski definition) is 0. The maximum atomic E-state index is 12.9. The number of piperazine rings is 1. The van der Waals surface area contributed by atoms with E-state index in [1.54, 1.807) is 41.0 Å². The van der Waals surface area contributed by atoms with Crippen LogP contribution in [-0.4, -0.2) is 43.0 Å². The molecule has 3 rings (SSSR count). The van der Waals surface area contributed by atoms with Crippen molar-refractivity contribution >= 4 is 29.1 Å². The molecule has 1 fully saturated rings. The van der Waals surface area contributed by atoms with Crippen LogP contribution in [0.1, 0.15) is 22.8 Å². The Hall–Kier alpha value is -2.53. The maximum Gasteiger partial charge on any atom is 0.258 e. The smallest absolute Gasteiger partial charge is 0.258 e. The van der Waals surface area contributed by atoms with Crippen LogP contribution >= 0.6 is 11.6 Å². The standard InChI is InChI=1S/C20H21ClN2O3/c1-13-12-15(21)8-9-17(13)23-11-10-22(14(2)19(23)24)20(25)16-6-4-5-7-18(16)26-3/h4-9,12,14H,10-11H2,1-3H3. The maximum absolute atomic E-state index is 12.9. The van der Waals surface area contributed by atoms with Gasteiger partial charge < -0.3 is 14.5 Å². The van der Waals surface area contributed by atoms with Crippen molar-refractivity contribution in [1.82, 2.24) is 4.90 Å². The molecule has 1 unspecified atom stereocenters. The molecule has 1 atom stereocenters. The van der Waals surface area contributed by atoms with Gasteiger partial charge in [0.1, 0.15) is 11.8 Å². The van der Waals surface area contributed by atoms with Gasteiger partial charge in [0.05, 0.1) is 12.7 Å². The van der Waals surface area contributed by atoms with E-state index in [4.69, 9.17) is 16.3 Å². The van der Waals surface area contributed by atoms with E-state index in [2.05, 4.69) is 0 Å². The molecular weight excluding hydrogens is 352 g/mol. The van der Waals surface area contributed by atoms with Crippen molar-refractivity contribution in [3.63, 3.8) is 0 Å². The van der Waals surface area contributed by atoms with Crippen LogP contribution in [0.2, 0.25) is 5.02 Å². The van der Waals surface area contributed by atoms with Gasteiger partial charge in [-0.25, -0.2) is 0 Å². The Morgan fingerprint density at radius 3 is 2.62 bits per heavy atom. The van der Waals surface area contributed by atoms with Crippen molar-refractivity contribution in [2.75, 3.05) is 25.1 Å². The van der Waals surface area contributed by atoms with Crippen molar-refractivity contribution in [3.05, 3.63) is 58.6 Å². The third kappa shape index (κ3) is 3.27.